The number of nitrogens with zero attached hydrogens (tertiary/aromatic N) is 3. The van der Waals surface area contributed by atoms with Gasteiger partial charge in [0.1, 0.15) is 11.5 Å². The van der Waals surface area contributed by atoms with Crippen LogP contribution in [0.1, 0.15) is 5.76 Å². The summed E-state index contributed by atoms with van der Waals surface area (Å²) in [5, 5.41) is 3.68. The summed E-state index contributed by atoms with van der Waals surface area (Å²) in [6, 6.07) is 13.7. The fraction of sp³-hybridized carbons (Fsp3) is 0.263. The van der Waals surface area contributed by atoms with Crippen LogP contribution in [0.5, 0.6) is 0 Å². The highest BCUT2D eigenvalue weighted by Gasteiger charge is 2.37. The van der Waals surface area contributed by atoms with Gasteiger partial charge in [-0.15, -0.1) is 0 Å². The third-order valence-corrected chi connectivity index (χ3v) is 5.78. The van der Waals surface area contributed by atoms with E-state index in [1.807, 2.05) is 47.5 Å². The molecule has 0 spiro atoms. The van der Waals surface area contributed by atoms with Crippen molar-refractivity contribution in [1.82, 2.24) is 14.9 Å². The van der Waals surface area contributed by atoms with Gasteiger partial charge in [0.05, 0.1) is 4.91 Å². The zero-order valence-corrected chi connectivity index (χ0v) is 16.1. The molecule has 1 aromatic heterocycles. The lowest BCUT2D eigenvalue weighted by Gasteiger charge is -2.37. The summed E-state index contributed by atoms with van der Waals surface area (Å²) in [6.45, 7) is 3.45. The van der Waals surface area contributed by atoms with Crippen LogP contribution < -0.4 is 0 Å². The number of carbonyl (C=O) groups excluding carboxylic acids is 1. The van der Waals surface area contributed by atoms with Crippen LogP contribution in [0.2, 0.25) is 0 Å². The molecule has 0 N–H and O–H groups in total. The molecule has 134 valence electrons. The van der Waals surface area contributed by atoms with Crippen LogP contribution in [0.4, 0.5) is 0 Å². The van der Waals surface area contributed by atoms with Gasteiger partial charge < -0.3 is 9.32 Å². The molecule has 5 nitrogen and oxygen atoms in total. The Morgan fingerprint density at radius 2 is 1.81 bits per heavy atom. The average Bonchev–Trinajstić information content (AvgIpc) is 3.22. The highest BCUT2D eigenvalue weighted by atomic mass is 32.2. The van der Waals surface area contributed by atoms with E-state index in [1.165, 1.54) is 11.8 Å². The monoisotopic (exact) mass is 385 g/mol. The normalized spacial score (nSPS) is 21.1. The lowest BCUT2D eigenvalue weighted by atomic mass is 10.2. The van der Waals surface area contributed by atoms with Crippen molar-refractivity contribution in [3.63, 3.8) is 0 Å². The highest BCUT2D eigenvalue weighted by molar-refractivity contribution is 8.26. The number of furan rings is 1. The van der Waals surface area contributed by atoms with E-state index >= 15 is 0 Å². The van der Waals surface area contributed by atoms with Crippen molar-refractivity contribution < 1.29 is 9.21 Å². The summed E-state index contributed by atoms with van der Waals surface area (Å²) in [6.07, 6.45) is 1.78. The molecule has 2 fully saturated rings. The van der Waals surface area contributed by atoms with Crippen molar-refractivity contribution in [2.45, 2.75) is 0 Å². The molecule has 3 heterocycles. The molecular formula is C19H19N3O2S2. The standard InChI is InChI=1S/C19H19N3O2S2/c1-20-9-11-21(12-10-20)22-18(23)17(26-19(22)25)13-15-7-8-16(24-15)14-5-3-2-4-6-14/h2-8,13H,9-12H2,1H3/b17-13-. The first-order valence-electron chi connectivity index (χ1n) is 8.48. The van der Waals surface area contributed by atoms with Gasteiger partial charge in [0.2, 0.25) is 0 Å². The quantitative estimate of drug-likeness (QED) is 0.596. The molecule has 0 bridgehead atoms. The van der Waals surface area contributed by atoms with E-state index in [1.54, 1.807) is 11.1 Å². The summed E-state index contributed by atoms with van der Waals surface area (Å²) in [7, 11) is 2.09. The van der Waals surface area contributed by atoms with Crippen LogP contribution in [0, 0.1) is 0 Å². The van der Waals surface area contributed by atoms with E-state index in [9.17, 15) is 4.79 Å². The van der Waals surface area contributed by atoms with E-state index in [4.69, 9.17) is 16.6 Å². The summed E-state index contributed by atoms with van der Waals surface area (Å²) in [5.74, 6) is 1.37. The van der Waals surface area contributed by atoms with Crippen molar-refractivity contribution in [3.8, 4) is 11.3 Å². The Kier molecular flexibility index (Phi) is 4.95. The number of amides is 1. The van der Waals surface area contributed by atoms with Gasteiger partial charge >= 0.3 is 0 Å². The summed E-state index contributed by atoms with van der Waals surface area (Å²) < 4.78 is 6.47. The molecule has 2 aromatic rings. The number of rotatable bonds is 3. The average molecular weight is 386 g/mol. The predicted molar refractivity (Wildman–Crippen MR) is 108 cm³/mol. The molecule has 0 radical (unpaired) electrons. The van der Waals surface area contributed by atoms with Gasteiger partial charge in [-0.25, -0.2) is 10.0 Å². The van der Waals surface area contributed by atoms with Crippen molar-refractivity contribution in [2.24, 2.45) is 0 Å². The molecule has 2 aliphatic rings. The SMILES string of the molecule is CN1CCN(N2C(=O)/C(=C/c3ccc(-c4ccccc4)o3)SC2=S)CC1. The van der Waals surface area contributed by atoms with Crippen LogP contribution in [-0.2, 0) is 4.79 Å². The maximum absolute atomic E-state index is 12.8. The lowest BCUT2D eigenvalue weighted by molar-refractivity contribution is -0.135. The van der Waals surface area contributed by atoms with Crippen LogP contribution >= 0.6 is 24.0 Å². The van der Waals surface area contributed by atoms with Gasteiger partial charge in [0.15, 0.2) is 4.32 Å². The fourth-order valence-electron chi connectivity index (χ4n) is 3.02. The summed E-state index contributed by atoms with van der Waals surface area (Å²) in [4.78, 5) is 15.7. The van der Waals surface area contributed by atoms with E-state index in [-0.39, 0.29) is 5.91 Å². The van der Waals surface area contributed by atoms with Crippen LogP contribution in [-0.4, -0.2) is 58.4 Å². The lowest BCUT2D eigenvalue weighted by Crippen LogP contribution is -2.54. The molecule has 1 amide bonds. The summed E-state index contributed by atoms with van der Waals surface area (Å²) >= 11 is 6.77. The van der Waals surface area contributed by atoms with Gasteiger partial charge in [-0.05, 0) is 19.2 Å². The highest BCUT2D eigenvalue weighted by Crippen LogP contribution is 2.34. The second-order valence-electron chi connectivity index (χ2n) is 6.32. The Morgan fingerprint density at radius 3 is 2.54 bits per heavy atom. The van der Waals surface area contributed by atoms with Crippen LogP contribution in [0.3, 0.4) is 0 Å². The van der Waals surface area contributed by atoms with Crippen LogP contribution in [0.25, 0.3) is 17.4 Å². The minimum absolute atomic E-state index is 0.0674. The maximum atomic E-state index is 12.8. The summed E-state index contributed by atoms with van der Waals surface area (Å²) in [5.41, 5.74) is 1.01. The number of benzene rings is 1. The first-order valence-corrected chi connectivity index (χ1v) is 9.71. The number of hydrogen-bond acceptors (Lipinski definition) is 6. The zero-order chi connectivity index (χ0) is 18.1. The molecule has 0 saturated carbocycles. The largest absolute Gasteiger partial charge is 0.457 e. The first-order chi connectivity index (χ1) is 12.6. The molecule has 0 atom stereocenters. The topological polar surface area (TPSA) is 39.9 Å². The minimum Gasteiger partial charge on any atom is -0.457 e. The first kappa shape index (κ1) is 17.5. The van der Waals surface area contributed by atoms with Crippen molar-refractivity contribution in [1.29, 1.82) is 0 Å². The number of hydrazine groups is 1. The number of thiocarbonyl (C=S) groups is 1. The number of likely N-dealkylation sites (N-methyl/N-ethyl adjacent to an activating group) is 1. The molecule has 4 rings (SSSR count). The van der Waals surface area contributed by atoms with Crippen molar-refractivity contribution >= 4 is 40.3 Å². The smallest absolute Gasteiger partial charge is 0.281 e. The van der Waals surface area contributed by atoms with Gasteiger partial charge in [0, 0.05) is 37.8 Å². The number of carbonyl (C=O) groups is 1. The molecule has 2 saturated heterocycles. The van der Waals surface area contributed by atoms with E-state index in [0.29, 0.717) is 15.0 Å². The van der Waals surface area contributed by atoms with Gasteiger partial charge in [0.25, 0.3) is 5.91 Å². The Bertz CT molecular complexity index is 855. The van der Waals surface area contributed by atoms with E-state index in [0.717, 1.165) is 37.5 Å². The Labute approximate surface area is 162 Å². The van der Waals surface area contributed by atoms with Crippen molar-refractivity contribution in [3.05, 3.63) is 53.1 Å². The molecule has 0 aliphatic carbocycles. The Hall–Kier alpha value is -1.93. The number of hydrogen-bond donors (Lipinski definition) is 0. The fourth-order valence-corrected chi connectivity index (χ4v) is 4.31. The van der Waals surface area contributed by atoms with Gasteiger partial charge in [-0.2, -0.15) is 0 Å². The molecule has 2 aliphatic heterocycles. The van der Waals surface area contributed by atoms with Gasteiger partial charge in [-0.1, -0.05) is 54.3 Å². The second kappa shape index (κ2) is 7.36. The van der Waals surface area contributed by atoms with E-state index < -0.39 is 0 Å². The number of piperazine rings is 1. The Balaban J connectivity index is 1.52. The number of thioether (sulfide) groups is 1. The third-order valence-electron chi connectivity index (χ3n) is 4.49. The zero-order valence-electron chi connectivity index (χ0n) is 14.4. The molecule has 26 heavy (non-hydrogen) atoms. The molecule has 1 aromatic carbocycles. The second-order valence-corrected chi connectivity index (χ2v) is 7.99. The van der Waals surface area contributed by atoms with Gasteiger partial charge in [-0.3, -0.25) is 4.79 Å². The third kappa shape index (κ3) is 3.48. The molecule has 0 unspecified atom stereocenters. The maximum Gasteiger partial charge on any atom is 0.281 e. The minimum atomic E-state index is -0.0674. The van der Waals surface area contributed by atoms with Crippen molar-refractivity contribution in [2.75, 3.05) is 33.2 Å². The molecular weight excluding hydrogens is 366 g/mol. The predicted octanol–water partition coefficient (Wildman–Crippen LogP) is 3.31. The Morgan fingerprint density at radius 1 is 1.08 bits per heavy atom. The van der Waals surface area contributed by atoms with Crippen LogP contribution in [0.15, 0.2) is 51.8 Å². The van der Waals surface area contributed by atoms with E-state index in [2.05, 4.69) is 11.9 Å². The molecule has 7 heteroatoms.